The summed E-state index contributed by atoms with van der Waals surface area (Å²) in [6, 6.07) is 21.9. The fourth-order valence-corrected chi connectivity index (χ4v) is 3.68. The first-order valence-electron chi connectivity index (χ1n) is 12.0. The zero-order chi connectivity index (χ0) is 28.2. The molecule has 0 saturated heterocycles. The van der Waals surface area contributed by atoms with Gasteiger partial charge in [0.05, 0.1) is 18.3 Å². The van der Waals surface area contributed by atoms with E-state index in [2.05, 4.69) is 5.32 Å². The molecule has 0 unspecified atom stereocenters. The number of anilines is 1. The molecule has 0 aliphatic carbocycles. The van der Waals surface area contributed by atoms with E-state index in [0.29, 0.717) is 42.2 Å². The molecule has 1 amide bonds. The van der Waals surface area contributed by atoms with Crippen molar-refractivity contribution in [3.63, 3.8) is 0 Å². The fraction of sp³-hybridized carbons (Fsp3) is 0.200. The molecule has 4 rings (SSSR count). The summed E-state index contributed by atoms with van der Waals surface area (Å²) in [7, 11) is 2.21. The van der Waals surface area contributed by atoms with Crippen LogP contribution in [0.2, 0.25) is 0 Å². The summed E-state index contributed by atoms with van der Waals surface area (Å²) in [6.07, 6.45) is 0. The predicted molar refractivity (Wildman–Crippen MR) is 146 cm³/mol. The Morgan fingerprint density at radius 3 is 2.16 bits per heavy atom. The third kappa shape index (κ3) is 7.29. The molecule has 4 aromatic rings. The number of hydrogen-bond acceptors (Lipinski definition) is 3. The molecule has 2 N–H and O–H groups in total. The number of alkyl halides is 1. The summed E-state index contributed by atoms with van der Waals surface area (Å²) in [4.78, 5) is 24.6. The Balaban J connectivity index is 0.00000121. The average Bonchev–Trinajstić information content (AvgIpc) is 3.25. The number of carbonyl (C=O) groups is 2. The number of aromatic nitrogens is 1. The minimum Gasteiger partial charge on any atom is -0.489 e. The molecule has 1 aromatic heterocycles. The summed E-state index contributed by atoms with van der Waals surface area (Å²) in [6.45, 7) is 6.19. The molecule has 38 heavy (non-hydrogen) atoms. The lowest BCUT2D eigenvalue weighted by Crippen LogP contribution is -2.12. The smallest absolute Gasteiger partial charge is 0.336 e. The van der Waals surface area contributed by atoms with Crippen molar-refractivity contribution in [2.75, 3.05) is 12.5 Å². The molecule has 0 bridgehead atoms. The molecular weight excluding hydrogens is 490 g/mol. The molecule has 0 saturated carbocycles. The normalized spacial score (nSPS) is 9.87. The average molecular weight is 523 g/mol. The van der Waals surface area contributed by atoms with Gasteiger partial charge in [-0.15, -0.1) is 0 Å². The Bertz CT molecular complexity index is 1350. The molecule has 0 atom stereocenters. The van der Waals surface area contributed by atoms with E-state index in [9.17, 15) is 23.5 Å². The molecule has 200 valence electrons. The van der Waals surface area contributed by atoms with Crippen LogP contribution in [0.3, 0.4) is 0 Å². The molecular formula is C30H32F2N2O4. The van der Waals surface area contributed by atoms with E-state index < -0.39 is 11.8 Å². The number of carbonyl (C=O) groups excluding carboxylic acids is 1. The maximum Gasteiger partial charge on any atom is 0.336 e. The van der Waals surface area contributed by atoms with Crippen molar-refractivity contribution < 1.29 is 28.2 Å². The number of carboxylic acid groups (broad SMARTS) is 1. The number of rotatable bonds is 7. The van der Waals surface area contributed by atoms with Crippen molar-refractivity contribution in [1.82, 2.24) is 4.57 Å². The number of benzene rings is 3. The molecule has 3 aromatic carbocycles. The first kappa shape index (κ1) is 29.8. The molecule has 6 nitrogen and oxygen atoms in total. The molecule has 1 heterocycles. The molecule has 0 radical (unpaired) electrons. The highest BCUT2D eigenvalue weighted by Gasteiger charge is 2.21. The second kappa shape index (κ2) is 14.3. The van der Waals surface area contributed by atoms with Gasteiger partial charge in [0.2, 0.25) is 0 Å². The van der Waals surface area contributed by atoms with Gasteiger partial charge in [-0.1, -0.05) is 44.2 Å². The third-order valence-corrected chi connectivity index (χ3v) is 5.63. The standard InChI is InChI=1S/C27H23FN2O4.C2H6.CH3F/c1-17-23(15-25(30(17)2)24-14-19(28)8-13-22(24)27(32)33)26(31)29-20-9-11-21(12-10-20)34-16-18-6-4-3-5-7-18;2*1-2/h3-15H,16H2,1-2H3,(H,29,31)(H,32,33);1-2H3;1H3. The Morgan fingerprint density at radius 1 is 0.921 bits per heavy atom. The molecule has 0 aliphatic heterocycles. The van der Waals surface area contributed by atoms with Crippen LogP contribution in [0.25, 0.3) is 11.3 Å². The Kier molecular flexibility index (Phi) is 11.2. The van der Waals surface area contributed by atoms with Gasteiger partial charge in [-0.25, -0.2) is 9.18 Å². The first-order valence-corrected chi connectivity index (χ1v) is 12.0. The van der Waals surface area contributed by atoms with Crippen LogP contribution in [0.5, 0.6) is 5.75 Å². The monoisotopic (exact) mass is 522 g/mol. The van der Waals surface area contributed by atoms with Crippen molar-refractivity contribution in [3.8, 4) is 17.0 Å². The van der Waals surface area contributed by atoms with Crippen LogP contribution in [0.1, 0.15) is 45.8 Å². The summed E-state index contributed by atoms with van der Waals surface area (Å²) in [5, 5.41) is 12.3. The van der Waals surface area contributed by atoms with Crippen LogP contribution in [0, 0.1) is 12.7 Å². The Morgan fingerprint density at radius 2 is 1.55 bits per heavy atom. The summed E-state index contributed by atoms with van der Waals surface area (Å²) in [5.74, 6) is -1.41. The first-order chi connectivity index (χ1) is 18.3. The largest absolute Gasteiger partial charge is 0.489 e. The van der Waals surface area contributed by atoms with E-state index in [1.807, 2.05) is 44.2 Å². The van der Waals surface area contributed by atoms with Crippen LogP contribution in [-0.2, 0) is 13.7 Å². The van der Waals surface area contributed by atoms with Gasteiger partial charge in [0.25, 0.3) is 5.91 Å². The van der Waals surface area contributed by atoms with Crippen molar-refractivity contribution in [1.29, 1.82) is 0 Å². The van der Waals surface area contributed by atoms with Crippen LogP contribution < -0.4 is 10.1 Å². The fourth-order valence-electron chi connectivity index (χ4n) is 3.68. The zero-order valence-corrected chi connectivity index (χ0v) is 22.1. The number of hydrogen-bond donors (Lipinski definition) is 2. The Labute approximate surface area is 221 Å². The van der Waals surface area contributed by atoms with Gasteiger partial charge < -0.3 is 19.7 Å². The lowest BCUT2D eigenvalue weighted by atomic mass is 10.0. The van der Waals surface area contributed by atoms with Crippen molar-refractivity contribution in [3.05, 3.63) is 107 Å². The SMILES string of the molecule is CC.CF.Cc1c(C(=O)Nc2ccc(OCc3ccccc3)cc2)cc(-c2cc(F)ccc2C(=O)O)n1C. The van der Waals surface area contributed by atoms with Crippen LogP contribution in [0.4, 0.5) is 14.5 Å². The summed E-state index contributed by atoms with van der Waals surface area (Å²) >= 11 is 0. The molecule has 0 aliphatic rings. The number of nitrogens with one attached hydrogen (secondary N) is 1. The van der Waals surface area contributed by atoms with Crippen LogP contribution >= 0.6 is 0 Å². The van der Waals surface area contributed by atoms with E-state index in [-0.39, 0.29) is 17.0 Å². The van der Waals surface area contributed by atoms with Gasteiger partial charge in [-0.3, -0.25) is 9.18 Å². The van der Waals surface area contributed by atoms with E-state index in [4.69, 9.17) is 4.74 Å². The molecule has 0 fully saturated rings. The topological polar surface area (TPSA) is 80.6 Å². The minimum atomic E-state index is -1.17. The highest BCUT2D eigenvalue weighted by Crippen LogP contribution is 2.29. The predicted octanol–water partition coefficient (Wildman–Crippen LogP) is 7.28. The molecule has 8 heteroatoms. The van der Waals surface area contributed by atoms with Gasteiger partial charge >= 0.3 is 5.97 Å². The number of amides is 1. The lowest BCUT2D eigenvalue weighted by Gasteiger charge is -2.09. The lowest BCUT2D eigenvalue weighted by molar-refractivity contribution is 0.0697. The van der Waals surface area contributed by atoms with E-state index in [1.165, 1.54) is 6.07 Å². The maximum absolute atomic E-state index is 13.9. The van der Waals surface area contributed by atoms with Gasteiger partial charge in [0.1, 0.15) is 18.2 Å². The van der Waals surface area contributed by atoms with Gasteiger partial charge in [0, 0.05) is 29.7 Å². The van der Waals surface area contributed by atoms with E-state index in [0.717, 1.165) is 17.7 Å². The third-order valence-electron chi connectivity index (χ3n) is 5.63. The van der Waals surface area contributed by atoms with E-state index >= 15 is 0 Å². The van der Waals surface area contributed by atoms with Crippen molar-refractivity contribution in [2.24, 2.45) is 7.05 Å². The molecule has 0 spiro atoms. The quantitative estimate of drug-likeness (QED) is 0.267. The summed E-state index contributed by atoms with van der Waals surface area (Å²) < 4.78 is 30.8. The van der Waals surface area contributed by atoms with Crippen LogP contribution in [-0.4, -0.2) is 28.7 Å². The number of nitrogens with zero attached hydrogens (tertiary/aromatic N) is 1. The number of ether oxygens (including phenoxy) is 1. The van der Waals surface area contributed by atoms with Gasteiger partial charge in [0.15, 0.2) is 0 Å². The van der Waals surface area contributed by atoms with Crippen LogP contribution in [0.15, 0.2) is 78.9 Å². The van der Waals surface area contributed by atoms with Crippen molar-refractivity contribution in [2.45, 2.75) is 27.4 Å². The second-order valence-electron chi connectivity index (χ2n) is 7.84. The number of carboxylic acids is 1. The van der Waals surface area contributed by atoms with Gasteiger partial charge in [-0.2, -0.15) is 0 Å². The van der Waals surface area contributed by atoms with Gasteiger partial charge in [-0.05, 0) is 61.0 Å². The maximum atomic E-state index is 13.9. The highest BCUT2D eigenvalue weighted by atomic mass is 19.1. The second-order valence-corrected chi connectivity index (χ2v) is 7.84. The minimum absolute atomic E-state index is 0.0416. The number of halogens is 2. The zero-order valence-electron chi connectivity index (χ0n) is 22.1. The Hall–Kier alpha value is -4.46. The van der Waals surface area contributed by atoms with E-state index in [1.54, 1.807) is 48.9 Å². The van der Waals surface area contributed by atoms with Crippen molar-refractivity contribution >= 4 is 17.6 Å². The summed E-state index contributed by atoms with van der Waals surface area (Å²) in [5.41, 5.74) is 3.22. The number of aromatic carboxylic acids is 1. The highest BCUT2D eigenvalue weighted by molar-refractivity contribution is 6.06.